The molecule has 0 bridgehead atoms. The summed E-state index contributed by atoms with van der Waals surface area (Å²) in [6.45, 7) is 0. The van der Waals surface area contributed by atoms with Crippen molar-refractivity contribution in [2.45, 2.75) is 31.7 Å². The van der Waals surface area contributed by atoms with Crippen molar-refractivity contribution in [1.82, 2.24) is 5.32 Å². The molecule has 0 aliphatic heterocycles. The standard InChI is InChI=1S/C16H18N2OS/c17-12-4-1-3-11(9-12)10-16(19)18-14-5-2-6-15-13(14)7-8-20-15/h1,3-4,7-9,14H,2,5-6,10,17H2,(H,18,19). The molecule has 3 N–H and O–H groups in total. The van der Waals surface area contributed by atoms with Crippen LogP contribution < -0.4 is 11.1 Å². The first-order valence-electron chi connectivity index (χ1n) is 6.92. The molecule has 0 saturated carbocycles. The average Bonchev–Trinajstić information content (AvgIpc) is 2.88. The lowest BCUT2D eigenvalue weighted by molar-refractivity contribution is -0.121. The second-order valence-electron chi connectivity index (χ2n) is 5.23. The summed E-state index contributed by atoms with van der Waals surface area (Å²) in [6, 6.07) is 9.84. The van der Waals surface area contributed by atoms with Crippen LogP contribution in [0, 0.1) is 0 Å². The Labute approximate surface area is 122 Å². The van der Waals surface area contributed by atoms with Gasteiger partial charge in [-0.05, 0) is 54.0 Å². The van der Waals surface area contributed by atoms with Gasteiger partial charge in [0.25, 0.3) is 0 Å². The molecule has 1 aliphatic rings. The predicted molar refractivity (Wildman–Crippen MR) is 82.7 cm³/mol. The Hall–Kier alpha value is -1.81. The number of hydrogen-bond donors (Lipinski definition) is 2. The third-order valence-electron chi connectivity index (χ3n) is 3.70. The molecular formula is C16H18N2OS. The summed E-state index contributed by atoms with van der Waals surface area (Å²) in [6.07, 6.45) is 3.72. The molecular weight excluding hydrogens is 268 g/mol. The highest BCUT2D eigenvalue weighted by molar-refractivity contribution is 7.10. The predicted octanol–water partition coefficient (Wildman–Crippen LogP) is 3.07. The zero-order valence-electron chi connectivity index (χ0n) is 11.3. The van der Waals surface area contributed by atoms with Gasteiger partial charge in [0.2, 0.25) is 5.91 Å². The summed E-state index contributed by atoms with van der Waals surface area (Å²) in [7, 11) is 0. The highest BCUT2D eigenvalue weighted by atomic mass is 32.1. The lowest BCUT2D eigenvalue weighted by atomic mass is 9.94. The third-order valence-corrected chi connectivity index (χ3v) is 4.70. The first-order valence-corrected chi connectivity index (χ1v) is 7.80. The summed E-state index contributed by atoms with van der Waals surface area (Å²) >= 11 is 1.79. The molecule has 20 heavy (non-hydrogen) atoms. The van der Waals surface area contributed by atoms with Gasteiger partial charge in [-0.2, -0.15) is 0 Å². The topological polar surface area (TPSA) is 55.1 Å². The van der Waals surface area contributed by atoms with Gasteiger partial charge in [0.15, 0.2) is 0 Å². The minimum atomic E-state index is 0.0691. The average molecular weight is 286 g/mol. The number of nitrogen functional groups attached to an aromatic ring is 1. The summed E-state index contributed by atoms with van der Waals surface area (Å²) in [5, 5.41) is 5.27. The van der Waals surface area contributed by atoms with Crippen LogP contribution in [-0.2, 0) is 17.6 Å². The molecule has 0 radical (unpaired) electrons. The maximum absolute atomic E-state index is 12.2. The summed E-state index contributed by atoms with van der Waals surface area (Å²) in [4.78, 5) is 13.6. The molecule has 1 unspecified atom stereocenters. The van der Waals surface area contributed by atoms with E-state index in [9.17, 15) is 4.79 Å². The maximum atomic E-state index is 12.2. The third kappa shape index (κ3) is 2.85. The summed E-state index contributed by atoms with van der Waals surface area (Å²) < 4.78 is 0. The van der Waals surface area contributed by atoms with E-state index in [0.717, 1.165) is 24.8 Å². The SMILES string of the molecule is Nc1cccc(CC(=O)NC2CCCc3sccc32)c1. The second-order valence-corrected chi connectivity index (χ2v) is 6.23. The Balaban J connectivity index is 1.66. The molecule has 1 atom stereocenters. The number of hydrogen-bond acceptors (Lipinski definition) is 3. The van der Waals surface area contributed by atoms with Crippen LogP contribution in [0.3, 0.4) is 0 Å². The molecule has 0 fully saturated rings. The van der Waals surface area contributed by atoms with Crippen LogP contribution in [0.1, 0.15) is 34.9 Å². The lowest BCUT2D eigenvalue weighted by Crippen LogP contribution is -2.31. The number of nitrogens with two attached hydrogens (primary N) is 1. The number of fused-ring (bicyclic) bond motifs is 1. The van der Waals surface area contributed by atoms with Gasteiger partial charge < -0.3 is 11.1 Å². The van der Waals surface area contributed by atoms with E-state index in [1.807, 2.05) is 24.3 Å². The number of thiophene rings is 1. The number of carbonyl (C=O) groups is 1. The summed E-state index contributed by atoms with van der Waals surface area (Å²) in [5.41, 5.74) is 8.71. The highest BCUT2D eigenvalue weighted by Crippen LogP contribution is 2.33. The number of aryl methyl sites for hydroxylation is 1. The molecule has 4 heteroatoms. The molecule has 3 nitrogen and oxygen atoms in total. The minimum absolute atomic E-state index is 0.0691. The van der Waals surface area contributed by atoms with E-state index in [-0.39, 0.29) is 11.9 Å². The Kier molecular flexibility index (Phi) is 3.74. The van der Waals surface area contributed by atoms with Crippen LogP contribution in [0.2, 0.25) is 0 Å². The van der Waals surface area contributed by atoms with Gasteiger partial charge in [-0.1, -0.05) is 12.1 Å². The van der Waals surface area contributed by atoms with Crippen LogP contribution in [0.25, 0.3) is 0 Å². The van der Waals surface area contributed by atoms with Crippen molar-refractivity contribution in [2.24, 2.45) is 0 Å². The fraction of sp³-hybridized carbons (Fsp3) is 0.312. The Morgan fingerprint density at radius 2 is 2.30 bits per heavy atom. The van der Waals surface area contributed by atoms with Crippen LogP contribution in [-0.4, -0.2) is 5.91 Å². The van der Waals surface area contributed by atoms with Crippen molar-refractivity contribution in [3.8, 4) is 0 Å². The smallest absolute Gasteiger partial charge is 0.224 e. The lowest BCUT2D eigenvalue weighted by Gasteiger charge is -2.23. The van der Waals surface area contributed by atoms with Gasteiger partial charge in [0, 0.05) is 10.6 Å². The number of nitrogens with one attached hydrogen (secondary N) is 1. The highest BCUT2D eigenvalue weighted by Gasteiger charge is 2.22. The number of anilines is 1. The van der Waals surface area contributed by atoms with E-state index in [4.69, 9.17) is 5.73 Å². The van der Waals surface area contributed by atoms with Crippen LogP contribution in [0.15, 0.2) is 35.7 Å². The Morgan fingerprint density at radius 1 is 1.40 bits per heavy atom. The molecule has 2 aromatic rings. The van der Waals surface area contributed by atoms with Gasteiger partial charge in [-0.15, -0.1) is 11.3 Å². The van der Waals surface area contributed by atoms with E-state index in [1.54, 1.807) is 11.3 Å². The van der Waals surface area contributed by atoms with Gasteiger partial charge in [-0.25, -0.2) is 0 Å². The van der Waals surface area contributed by atoms with Crippen molar-refractivity contribution < 1.29 is 4.79 Å². The van der Waals surface area contributed by atoms with Crippen molar-refractivity contribution in [1.29, 1.82) is 0 Å². The van der Waals surface area contributed by atoms with Gasteiger partial charge in [0.1, 0.15) is 0 Å². The van der Waals surface area contributed by atoms with Crippen LogP contribution in [0.4, 0.5) is 5.69 Å². The Morgan fingerprint density at radius 3 is 3.15 bits per heavy atom. The van der Waals surface area contributed by atoms with Crippen LogP contribution >= 0.6 is 11.3 Å². The quantitative estimate of drug-likeness (QED) is 0.852. The van der Waals surface area contributed by atoms with E-state index in [2.05, 4.69) is 16.8 Å². The number of amides is 1. The number of rotatable bonds is 3. The van der Waals surface area contributed by atoms with E-state index in [1.165, 1.54) is 10.4 Å². The van der Waals surface area contributed by atoms with E-state index < -0.39 is 0 Å². The van der Waals surface area contributed by atoms with Gasteiger partial charge >= 0.3 is 0 Å². The van der Waals surface area contributed by atoms with Crippen molar-refractivity contribution in [3.63, 3.8) is 0 Å². The summed E-state index contributed by atoms with van der Waals surface area (Å²) in [5.74, 6) is 0.0691. The van der Waals surface area contributed by atoms with Gasteiger partial charge in [0.05, 0.1) is 12.5 Å². The molecule has 104 valence electrons. The normalized spacial score (nSPS) is 17.5. The second kappa shape index (κ2) is 5.67. The largest absolute Gasteiger partial charge is 0.399 e. The van der Waals surface area contributed by atoms with Crippen molar-refractivity contribution in [2.75, 3.05) is 5.73 Å². The maximum Gasteiger partial charge on any atom is 0.224 e. The first-order chi connectivity index (χ1) is 9.72. The molecule has 3 rings (SSSR count). The van der Waals surface area contributed by atoms with Crippen molar-refractivity contribution >= 4 is 22.9 Å². The molecule has 1 heterocycles. The fourth-order valence-corrected chi connectivity index (χ4v) is 3.76. The van der Waals surface area contributed by atoms with E-state index >= 15 is 0 Å². The fourth-order valence-electron chi connectivity index (χ4n) is 2.77. The zero-order chi connectivity index (χ0) is 13.9. The molecule has 1 aliphatic carbocycles. The van der Waals surface area contributed by atoms with Crippen molar-refractivity contribution in [3.05, 3.63) is 51.7 Å². The number of carbonyl (C=O) groups excluding carboxylic acids is 1. The van der Waals surface area contributed by atoms with Gasteiger partial charge in [-0.3, -0.25) is 4.79 Å². The monoisotopic (exact) mass is 286 g/mol. The van der Waals surface area contributed by atoms with Crippen LogP contribution in [0.5, 0.6) is 0 Å². The number of benzene rings is 1. The first kappa shape index (κ1) is 13.2. The van der Waals surface area contributed by atoms with E-state index in [0.29, 0.717) is 12.1 Å². The zero-order valence-corrected chi connectivity index (χ0v) is 12.1. The minimum Gasteiger partial charge on any atom is -0.399 e. The molecule has 0 spiro atoms. The molecule has 0 saturated heterocycles. The molecule has 1 aromatic heterocycles. The molecule has 1 amide bonds. The Bertz CT molecular complexity index is 620. The molecule has 1 aromatic carbocycles.